The van der Waals surface area contributed by atoms with Crippen molar-refractivity contribution in [3.8, 4) is 0 Å². The number of alkyl halides is 1. The highest BCUT2D eigenvalue weighted by Crippen LogP contribution is 2.39. The molecule has 25 heavy (non-hydrogen) atoms. The highest BCUT2D eigenvalue weighted by molar-refractivity contribution is 6.18. The summed E-state index contributed by atoms with van der Waals surface area (Å²) in [7, 11) is 0. The Morgan fingerprint density at radius 2 is 1.56 bits per heavy atom. The highest BCUT2D eigenvalue weighted by atomic mass is 35.5. The molecule has 0 unspecified atom stereocenters. The number of fused-ring (bicyclic) bond motifs is 2. The molecule has 0 spiro atoms. The number of allylic oxidation sites excluding steroid dienone is 3. The molecule has 0 radical (unpaired) electrons. The van der Waals surface area contributed by atoms with Gasteiger partial charge in [-0.3, -0.25) is 0 Å². The van der Waals surface area contributed by atoms with Crippen LogP contribution in [0, 0.1) is 0 Å². The maximum Gasteiger partial charge on any atom is 0.0480 e. The van der Waals surface area contributed by atoms with Gasteiger partial charge < -0.3 is 0 Å². The second-order valence-electron chi connectivity index (χ2n) is 6.56. The largest absolute Gasteiger partial charge is 0.122 e. The fourth-order valence-electron chi connectivity index (χ4n) is 3.75. The van der Waals surface area contributed by atoms with Crippen LogP contribution < -0.4 is 0 Å². The van der Waals surface area contributed by atoms with Crippen molar-refractivity contribution in [2.24, 2.45) is 0 Å². The van der Waals surface area contributed by atoms with Crippen molar-refractivity contribution < 1.29 is 0 Å². The van der Waals surface area contributed by atoms with Crippen LogP contribution in [0.25, 0.3) is 28.0 Å². The first-order valence-electron chi connectivity index (χ1n) is 8.90. The van der Waals surface area contributed by atoms with Crippen LogP contribution in [-0.4, -0.2) is 0 Å². The van der Waals surface area contributed by atoms with Crippen LogP contribution in [0.2, 0.25) is 0 Å². The van der Waals surface area contributed by atoms with E-state index in [-0.39, 0.29) is 0 Å². The molecule has 1 aliphatic carbocycles. The van der Waals surface area contributed by atoms with Crippen molar-refractivity contribution in [2.45, 2.75) is 25.6 Å². The lowest BCUT2D eigenvalue weighted by molar-refractivity contribution is 0.975. The molecule has 4 rings (SSSR count). The average Bonchev–Trinajstić information content (AvgIpc) is 3.00. The van der Waals surface area contributed by atoms with E-state index in [1.165, 1.54) is 50.6 Å². The Balaban J connectivity index is 1.89. The summed E-state index contributed by atoms with van der Waals surface area (Å²) in [6.45, 7) is 2.24. The Kier molecular flexibility index (Phi) is 4.46. The molecule has 124 valence electrons. The van der Waals surface area contributed by atoms with Crippen molar-refractivity contribution in [3.63, 3.8) is 0 Å². The smallest absolute Gasteiger partial charge is 0.0480 e. The predicted molar refractivity (Wildman–Crippen MR) is 111 cm³/mol. The van der Waals surface area contributed by atoms with Gasteiger partial charge >= 0.3 is 0 Å². The minimum atomic E-state index is 0.542. The normalized spacial score (nSPS) is 14.8. The molecule has 0 nitrogen and oxygen atoms in total. The quantitative estimate of drug-likeness (QED) is 0.435. The minimum Gasteiger partial charge on any atom is -0.122 e. The molecule has 0 aromatic heterocycles. The summed E-state index contributed by atoms with van der Waals surface area (Å²) in [5, 5.41) is 2.51. The van der Waals surface area contributed by atoms with Gasteiger partial charge in [-0.1, -0.05) is 80.1 Å². The van der Waals surface area contributed by atoms with Gasteiger partial charge in [0.25, 0.3) is 0 Å². The van der Waals surface area contributed by atoms with E-state index in [2.05, 4.69) is 79.7 Å². The maximum atomic E-state index is 6.12. The molecule has 0 fully saturated rings. The SMILES string of the molecule is CCCC1=C/C(=C\c2ccc(CCl)c3ccccc23)c2ccccc21. The van der Waals surface area contributed by atoms with Gasteiger partial charge in [-0.2, -0.15) is 0 Å². The minimum absolute atomic E-state index is 0.542. The van der Waals surface area contributed by atoms with Crippen LogP contribution in [0.15, 0.2) is 66.7 Å². The first-order valence-corrected chi connectivity index (χ1v) is 9.44. The Morgan fingerprint density at radius 3 is 2.32 bits per heavy atom. The van der Waals surface area contributed by atoms with Crippen LogP contribution in [0.1, 0.15) is 42.0 Å². The summed E-state index contributed by atoms with van der Waals surface area (Å²) in [6, 6.07) is 21.6. The van der Waals surface area contributed by atoms with Gasteiger partial charge in [0.15, 0.2) is 0 Å². The number of halogens is 1. The van der Waals surface area contributed by atoms with Crippen molar-refractivity contribution in [1.82, 2.24) is 0 Å². The third-order valence-electron chi connectivity index (χ3n) is 4.94. The molecule has 0 bridgehead atoms. The van der Waals surface area contributed by atoms with Gasteiger partial charge in [-0.25, -0.2) is 0 Å². The van der Waals surface area contributed by atoms with E-state index < -0.39 is 0 Å². The number of rotatable bonds is 4. The summed E-state index contributed by atoms with van der Waals surface area (Å²) < 4.78 is 0. The monoisotopic (exact) mass is 344 g/mol. The zero-order valence-corrected chi connectivity index (χ0v) is 15.2. The number of hydrogen-bond donors (Lipinski definition) is 0. The summed E-state index contributed by atoms with van der Waals surface area (Å²) in [4.78, 5) is 0. The molecule has 0 saturated carbocycles. The Hall–Kier alpha value is -2.31. The predicted octanol–water partition coefficient (Wildman–Crippen LogP) is 7.32. The van der Waals surface area contributed by atoms with E-state index >= 15 is 0 Å². The first-order chi connectivity index (χ1) is 12.3. The number of benzene rings is 3. The molecule has 1 aliphatic rings. The highest BCUT2D eigenvalue weighted by Gasteiger charge is 2.17. The first kappa shape index (κ1) is 16.2. The maximum absolute atomic E-state index is 6.12. The van der Waals surface area contributed by atoms with Crippen LogP contribution in [0.4, 0.5) is 0 Å². The Labute approximate surface area is 154 Å². The van der Waals surface area contributed by atoms with Gasteiger partial charge in [-0.15, -0.1) is 11.6 Å². The van der Waals surface area contributed by atoms with E-state index in [1.807, 2.05) is 0 Å². The molecule has 0 heterocycles. The van der Waals surface area contributed by atoms with Crippen molar-refractivity contribution in [1.29, 1.82) is 0 Å². The summed E-state index contributed by atoms with van der Waals surface area (Å²) in [5.41, 5.74) is 7.93. The molecule has 0 N–H and O–H groups in total. The fraction of sp³-hybridized carbons (Fsp3) is 0.167. The van der Waals surface area contributed by atoms with Crippen LogP contribution in [0.5, 0.6) is 0 Å². The Morgan fingerprint density at radius 1 is 0.840 bits per heavy atom. The van der Waals surface area contributed by atoms with E-state index in [9.17, 15) is 0 Å². The van der Waals surface area contributed by atoms with Crippen molar-refractivity contribution >= 4 is 39.6 Å². The second kappa shape index (κ2) is 6.90. The molecule has 0 aliphatic heterocycles. The molecular formula is C24H21Cl. The third kappa shape index (κ3) is 2.92. The summed E-state index contributed by atoms with van der Waals surface area (Å²) in [6.07, 6.45) is 6.97. The standard InChI is InChI=1S/C24H21Cl/c1-2-7-17-14-20(24-11-6-4-8-21(17)24)15-18-12-13-19(16-25)23-10-5-3-9-22(18)23/h3-6,8-15H,2,7,16H2,1H3/b20-15+. The molecule has 0 atom stereocenters. The molecule has 1 heteroatoms. The summed E-state index contributed by atoms with van der Waals surface area (Å²) in [5.74, 6) is 0.542. The molecule has 3 aromatic carbocycles. The van der Waals surface area contributed by atoms with Gasteiger partial charge in [0, 0.05) is 5.88 Å². The third-order valence-corrected chi connectivity index (χ3v) is 5.22. The van der Waals surface area contributed by atoms with Gasteiger partial charge in [0.2, 0.25) is 0 Å². The van der Waals surface area contributed by atoms with Crippen molar-refractivity contribution in [2.75, 3.05) is 0 Å². The lowest BCUT2D eigenvalue weighted by atomic mass is 9.97. The lowest BCUT2D eigenvalue weighted by Crippen LogP contribution is -1.87. The van der Waals surface area contributed by atoms with Crippen LogP contribution in [-0.2, 0) is 5.88 Å². The van der Waals surface area contributed by atoms with E-state index in [1.54, 1.807) is 0 Å². The molecular weight excluding hydrogens is 324 g/mol. The van der Waals surface area contributed by atoms with Gasteiger partial charge in [-0.05, 0) is 56.7 Å². The van der Waals surface area contributed by atoms with E-state index in [0.717, 1.165) is 6.42 Å². The lowest BCUT2D eigenvalue weighted by Gasteiger charge is -2.08. The summed E-state index contributed by atoms with van der Waals surface area (Å²) >= 11 is 6.12. The van der Waals surface area contributed by atoms with Gasteiger partial charge in [0.05, 0.1) is 0 Å². The zero-order chi connectivity index (χ0) is 17.2. The number of hydrogen-bond acceptors (Lipinski definition) is 0. The molecule has 0 amide bonds. The van der Waals surface area contributed by atoms with E-state index in [4.69, 9.17) is 11.6 Å². The Bertz CT molecular complexity index is 992. The molecule has 0 saturated heterocycles. The van der Waals surface area contributed by atoms with Crippen LogP contribution >= 0.6 is 11.6 Å². The second-order valence-corrected chi connectivity index (χ2v) is 6.83. The van der Waals surface area contributed by atoms with Crippen LogP contribution in [0.3, 0.4) is 0 Å². The fourth-order valence-corrected chi connectivity index (χ4v) is 3.98. The topological polar surface area (TPSA) is 0 Å². The zero-order valence-electron chi connectivity index (χ0n) is 14.4. The average molecular weight is 345 g/mol. The van der Waals surface area contributed by atoms with Crippen molar-refractivity contribution in [3.05, 3.63) is 89.0 Å². The molecule has 3 aromatic rings. The van der Waals surface area contributed by atoms with E-state index in [0.29, 0.717) is 5.88 Å². The van der Waals surface area contributed by atoms with Gasteiger partial charge in [0.1, 0.15) is 0 Å².